The molecule has 3 rings (SSSR count). The summed E-state index contributed by atoms with van der Waals surface area (Å²) < 4.78 is 0. The van der Waals surface area contributed by atoms with Gasteiger partial charge in [0.05, 0.1) is 10.9 Å². The maximum Gasteiger partial charge on any atom is 0.335 e. The lowest BCUT2D eigenvalue weighted by Crippen LogP contribution is -1.97. The maximum atomic E-state index is 10.9. The third-order valence-electron chi connectivity index (χ3n) is 3.54. The first kappa shape index (κ1) is 15.4. The summed E-state index contributed by atoms with van der Waals surface area (Å²) in [5.41, 5.74) is 8.59. The number of nitrogens with two attached hydrogens (primary N) is 1. The standard InChI is InChI=1S/C17H14N4O3/c1-9(11-2-4-12(5-3-11)16(23)24)6-10-7-13-14(19-8-10)20-17(18)21-15(13)22/h2-8H,1H3,(H,23,24)(H3,18,19,20,21,22). The lowest BCUT2D eigenvalue weighted by Gasteiger charge is -2.05. The van der Waals surface area contributed by atoms with Crippen molar-refractivity contribution in [1.29, 1.82) is 0 Å². The van der Waals surface area contributed by atoms with Gasteiger partial charge in [0, 0.05) is 6.20 Å². The molecule has 0 saturated heterocycles. The van der Waals surface area contributed by atoms with Crippen molar-refractivity contribution in [3.63, 3.8) is 0 Å². The summed E-state index contributed by atoms with van der Waals surface area (Å²) in [7, 11) is 0. The highest BCUT2D eigenvalue weighted by molar-refractivity contribution is 5.89. The second-order valence-electron chi connectivity index (χ2n) is 5.26. The molecule has 7 nitrogen and oxygen atoms in total. The van der Waals surface area contributed by atoms with E-state index in [4.69, 9.17) is 10.8 Å². The topological polar surface area (TPSA) is 122 Å². The molecule has 0 unspecified atom stereocenters. The molecule has 7 heteroatoms. The minimum atomic E-state index is -0.961. The monoisotopic (exact) mass is 322 g/mol. The van der Waals surface area contributed by atoms with Crippen molar-refractivity contribution in [3.8, 4) is 5.88 Å². The van der Waals surface area contributed by atoms with Crippen molar-refractivity contribution in [3.05, 3.63) is 53.2 Å². The Balaban J connectivity index is 1.97. The average Bonchev–Trinajstić information content (AvgIpc) is 2.55. The van der Waals surface area contributed by atoms with Crippen LogP contribution in [0.15, 0.2) is 36.5 Å². The van der Waals surface area contributed by atoms with Crippen molar-refractivity contribution < 1.29 is 15.0 Å². The number of rotatable bonds is 3. The fourth-order valence-corrected chi connectivity index (χ4v) is 2.32. The van der Waals surface area contributed by atoms with Crippen LogP contribution in [-0.4, -0.2) is 31.1 Å². The van der Waals surface area contributed by atoms with Gasteiger partial charge in [-0.3, -0.25) is 0 Å². The molecule has 2 aromatic heterocycles. The predicted octanol–water partition coefficient (Wildman–Crippen LogP) is 2.57. The summed E-state index contributed by atoms with van der Waals surface area (Å²) in [6.45, 7) is 1.90. The van der Waals surface area contributed by atoms with E-state index in [0.29, 0.717) is 11.0 Å². The van der Waals surface area contributed by atoms with Crippen LogP contribution in [0.5, 0.6) is 5.88 Å². The Hall–Kier alpha value is -3.48. The average molecular weight is 322 g/mol. The van der Waals surface area contributed by atoms with Gasteiger partial charge in [-0.15, -0.1) is 0 Å². The molecule has 0 bridgehead atoms. The number of aromatic hydroxyl groups is 1. The lowest BCUT2D eigenvalue weighted by atomic mass is 10.0. The van der Waals surface area contributed by atoms with Crippen molar-refractivity contribution in [2.45, 2.75) is 6.92 Å². The molecular formula is C17H14N4O3. The fraction of sp³-hybridized carbons (Fsp3) is 0.0588. The molecule has 0 amide bonds. The summed E-state index contributed by atoms with van der Waals surface area (Å²) >= 11 is 0. The summed E-state index contributed by atoms with van der Waals surface area (Å²) in [5.74, 6) is -1.22. The zero-order valence-corrected chi connectivity index (χ0v) is 12.8. The summed E-state index contributed by atoms with van der Waals surface area (Å²) in [6, 6.07) is 8.30. The van der Waals surface area contributed by atoms with Gasteiger partial charge in [-0.25, -0.2) is 9.78 Å². The molecule has 0 fully saturated rings. The van der Waals surface area contributed by atoms with Gasteiger partial charge in [0.2, 0.25) is 11.8 Å². The highest BCUT2D eigenvalue weighted by Crippen LogP contribution is 2.24. The largest absolute Gasteiger partial charge is 0.493 e. The molecule has 4 N–H and O–H groups in total. The summed E-state index contributed by atoms with van der Waals surface area (Å²) in [5, 5.41) is 19.2. The van der Waals surface area contributed by atoms with Crippen LogP contribution in [0, 0.1) is 0 Å². The van der Waals surface area contributed by atoms with Gasteiger partial charge in [0.25, 0.3) is 0 Å². The zero-order valence-electron chi connectivity index (χ0n) is 12.8. The Morgan fingerprint density at radius 3 is 2.50 bits per heavy atom. The van der Waals surface area contributed by atoms with Crippen LogP contribution in [0.4, 0.5) is 5.95 Å². The summed E-state index contributed by atoms with van der Waals surface area (Å²) in [6.07, 6.45) is 3.49. The van der Waals surface area contributed by atoms with Crippen molar-refractivity contribution in [2.24, 2.45) is 0 Å². The predicted molar refractivity (Wildman–Crippen MR) is 90.4 cm³/mol. The number of aromatic nitrogens is 3. The van der Waals surface area contributed by atoms with Crippen LogP contribution >= 0.6 is 0 Å². The summed E-state index contributed by atoms with van der Waals surface area (Å²) in [4.78, 5) is 22.7. The van der Waals surface area contributed by atoms with Crippen molar-refractivity contribution >= 4 is 34.6 Å². The Morgan fingerprint density at radius 1 is 1.17 bits per heavy atom. The molecule has 0 spiro atoms. The first-order valence-electron chi connectivity index (χ1n) is 7.08. The number of carbonyl (C=O) groups is 1. The third kappa shape index (κ3) is 3.00. The van der Waals surface area contributed by atoms with Gasteiger partial charge in [0.15, 0.2) is 5.65 Å². The smallest absolute Gasteiger partial charge is 0.335 e. The molecule has 120 valence electrons. The number of fused-ring (bicyclic) bond motifs is 1. The molecule has 3 aromatic rings. The highest BCUT2D eigenvalue weighted by Gasteiger charge is 2.07. The van der Waals surface area contributed by atoms with E-state index in [2.05, 4.69) is 15.0 Å². The molecule has 2 heterocycles. The maximum absolute atomic E-state index is 10.9. The molecule has 24 heavy (non-hydrogen) atoms. The van der Waals surface area contributed by atoms with E-state index in [0.717, 1.165) is 16.7 Å². The van der Waals surface area contributed by atoms with Gasteiger partial charge < -0.3 is 15.9 Å². The van der Waals surface area contributed by atoms with E-state index in [-0.39, 0.29) is 17.4 Å². The molecule has 0 aliphatic carbocycles. The second-order valence-corrected chi connectivity index (χ2v) is 5.26. The second kappa shape index (κ2) is 5.96. The van der Waals surface area contributed by atoms with E-state index in [9.17, 15) is 9.90 Å². The van der Waals surface area contributed by atoms with E-state index in [1.165, 1.54) is 0 Å². The highest BCUT2D eigenvalue weighted by atomic mass is 16.4. The Bertz CT molecular complexity index is 965. The van der Waals surface area contributed by atoms with Crippen LogP contribution in [0.25, 0.3) is 22.7 Å². The van der Waals surface area contributed by atoms with Crippen LogP contribution in [0.2, 0.25) is 0 Å². The third-order valence-corrected chi connectivity index (χ3v) is 3.54. The minimum absolute atomic E-state index is 0.0366. The van der Waals surface area contributed by atoms with Crippen LogP contribution in [0.3, 0.4) is 0 Å². The van der Waals surface area contributed by atoms with Crippen LogP contribution in [-0.2, 0) is 0 Å². The molecule has 0 radical (unpaired) electrons. The van der Waals surface area contributed by atoms with E-state index < -0.39 is 5.97 Å². The van der Waals surface area contributed by atoms with Crippen LogP contribution in [0.1, 0.15) is 28.4 Å². The number of anilines is 1. The van der Waals surface area contributed by atoms with Gasteiger partial charge in [-0.2, -0.15) is 9.97 Å². The SMILES string of the molecule is CC(=Cc1cnc2nc(N)nc(O)c2c1)c1ccc(C(=O)O)cc1. The van der Waals surface area contributed by atoms with E-state index in [1.807, 2.05) is 13.0 Å². The first-order valence-corrected chi connectivity index (χ1v) is 7.08. The number of carboxylic acids is 1. The first-order chi connectivity index (χ1) is 11.4. The number of hydrogen-bond acceptors (Lipinski definition) is 6. The van der Waals surface area contributed by atoms with E-state index in [1.54, 1.807) is 36.5 Å². The molecule has 0 saturated carbocycles. The van der Waals surface area contributed by atoms with Crippen molar-refractivity contribution in [1.82, 2.24) is 15.0 Å². The number of nitrogen functional groups attached to an aromatic ring is 1. The van der Waals surface area contributed by atoms with E-state index >= 15 is 0 Å². The number of aromatic carboxylic acids is 1. The number of allylic oxidation sites excluding steroid dienone is 1. The Labute approximate surface area is 137 Å². The number of pyridine rings is 1. The normalized spacial score (nSPS) is 11.6. The molecule has 1 aromatic carbocycles. The van der Waals surface area contributed by atoms with Crippen LogP contribution < -0.4 is 5.73 Å². The fourth-order valence-electron chi connectivity index (χ4n) is 2.32. The van der Waals surface area contributed by atoms with Gasteiger partial charge in [0.1, 0.15) is 0 Å². The quantitative estimate of drug-likeness (QED) is 0.677. The minimum Gasteiger partial charge on any atom is -0.493 e. The van der Waals surface area contributed by atoms with Gasteiger partial charge >= 0.3 is 5.97 Å². The Morgan fingerprint density at radius 2 is 1.83 bits per heavy atom. The number of benzene rings is 1. The molecule has 0 aliphatic rings. The zero-order chi connectivity index (χ0) is 17.3. The lowest BCUT2D eigenvalue weighted by molar-refractivity contribution is 0.0697. The Kier molecular flexibility index (Phi) is 3.83. The number of nitrogens with zero attached hydrogens (tertiary/aromatic N) is 3. The van der Waals surface area contributed by atoms with Gasteiger partial charge in [-0.05, 0) is 47.9 Å². The molecule has 0 aliphatic heterocycles. The molecule has 0 atom stereocenters. The number of carboxylic acid groups (broad SMARTS) is 1. The molecular weight excluding hydrogens is 308 g/mol. The van der Waals surface area contributed by atoms with Crippen molar-refractivity contribution in [2.75, 3.05) is 5.73 Å². The number of hydrogen-bond donors (Lipinski definition) is 3. The van der Waals surface area contributed by atoms with Gasteiger partial charge in [-0.1, -0.05) is 12.1 Å².